The summed E-state index contributed by atoms with van der Waals surface area (Å²) in [7, 11) is -3.52. The van der Waals surface area contributed by atoms with Crippen molar-refractivity contribution in [2.75, 3.05) is 31.1 Å². The Labute approximate surface area is 184 Å². The molecule has 0 N–H and O–H groups in total. The minimum Gasteiger partial charge on any atom is -0.352 e. The zero-order valence-electron chi connectivity index (χ0n) is 18.5. The van der Waals surface area contributed by atoms with Crippen molar-refractivity contribution in [3.63, 3.8) is 0 Å². The predicted octanol–water partition coefficient (Wildman–Crippen LogP) is 3.89. The summed E-state index contributed by atoms with van der Waals surface area (Å²) in [5.41, 5.74) is 5.75. The van der Waals surface area contributed by atoms with Crippen LogP contribution in [-0.4, -0.2) is 49.1 Å². The molecule has 3 aromatic rings. The zero-order chi connectivity index (χ0) is 22.2. The summed E-state index contributed by atoms with van der Waals surface area (Å²) in [6.07, 6.45) is 0. The van der Waals surface area contributed by atoms with Gasteiger partial charge in [0.2, 0.25) is 10.0 Å². The molecule has 2 aromatic carbocycles. The molecule has 1 fully saturated rings. The van der Waals surface area contributed by atoms with E-state index in [4.69, 9.17) is 0 Å². The highest BCUT2D eigenvalue weighted by molar-refractivity contribution is 7.89. The van der Waals surface area contributed by atoms with Gasteiger partial charge in [0, 0.05) is 31.7 Å². The molecule has 0 atom stereocenters. The fraction of sp³-hybridized carbons (Fsp3) is 0.333. The Bertz CT molecular complexity index is 1160. The highest BCUT2D eigenvalue weighted by Crippen LogP contribution is 2.27. The normalized spacial score (nSPS) is 15.3. The first kappa shape index (κ1) is 21.5. The summed E-state index contributed by atoms with van der Waals surface area (Å²) >= 11 is 0. The number of hydrogen-bond donors (Lipinski definition) is 0. The minimum atomic E-state index is -3.52. The number of nitrogens with zero attached hydrogens (tertiary/aromatic N) is 4. The maximum absolute atomic E-state index is 13.3. The number of aromatic nitrogens is 2. The van der Waals surface area contributed by atoms with Crippen molar-refractivity contribution in [3.05, 3.63) is 70.8 Å². The molecule has 0 saturated carbocycles. The van der Waals surface area contributed by atoms with E-state index in [1.807, 2.05) is 57.2 Å². The van der Waals surface area contributed by atoms with Gasteiger partial charge in [0.05, 0.1) is 10.6 Å². The Hall–Kier alpha value is -2.77. The molecule has 31 heavy (non-hydrogen) atoms. The van der Waals surface area contributed by atoms with Crippen LogP contribution in [0, 0.1) is 27.7 Å². The Morgan fingerprint density at radius 3 is 1.90 bits per heavy atom. The number of benzene rings is 2. The van der Waals surface area contributed by atoms with E-state index in [0.717, 1.165) is 33.8 Å². The molecular formula is C24H28N4O2S. The van der Waals surface area contributed by atoms with Crippen LogP contribution in [0.4, 0.5) is 5.82 Å². The van der Waals surface area contributed by atoms with E-state index in [0.29, 0.717) is 31.1 Å². The number of aryl methyl sites for hydroxylation is 4. The molecule has 0 aliphatic carbocycles. The van der Waals surface area contributed by atoms with E-state index in [-0.39, 0.29) is 0 Å². The van der Waals surface area contributed by atoms with Gasteiger partial charge in [-0.3, -0.25) is 0 Å². The Morgan fingerprint density at radius 2 is 1.35 bits per heavy atom. The quantitative estimate of drug-likeness (QED) is 0.621. The number of sulfonamides is 1. The van der Waals surface area contributed by atoms with Gasteiger partial charge in [0.15, 0.2) is 5.82 Å². The molecule has 7 heteroatoms. The average Bonchev–Trinajstić information content (AvgIpc) is 2.74. The third-order valence-electron chi connectivity index (χ3n) is 5.76. The molecule has 2 heterocycles. The molecule has 1 saturated heterocycles. The molecule has 1 aliphatic rings. The van der Waals surface area contributed by atoms with E-state index in [1.54, 1.807) is 4.31 Å². The van der Waals surface area contributed by atoms with Gasteiger partial charge in [-0.05, 0) is 51.0 Å². The molecule has 0 bridgehead atoms. The van der Waals surface area contributed by atoms with Gasteiger partial charge < -0.3 is 4.90 Å². The van der Waals surface area contributed by atoms with Crippen molar-refractivity contribution in [1.29, 1.82) is 0 Å². The molecule has 6 nitrogen and oxygen atoms in total. The van der Waals surface area contributed by atoms with Crippen LogP contribution in [0.15, 0.2) is 53.4 Å². The lowest BCUT2D eigenvalue weighted by Crippen LogP contribution is -2.49. The van der Waals surface area contributed by atoms with Gasteiger partial charge in [-0.2, -0.15) is 4.31 Å². The monoisotopic (exact) mass is 436 g/mol. The lowest BCUT2D eigenvalue weighted by Gasteiger charge is -2.35. The topological polar surface area (TPSA) is 66.4 Å². The number of rotatable bonds is 4. The highest BCUT2D eigenvalue weighted by Gasteiger charge is 2.31. The number of hydrogen-bond acceptors (Lipinski definition) is 5. The van der Waals surface area contributed by atoms with Gasteiger partial charge >= 0.3 is 0 Å². The summed E-state index contributed by atoms with van der Waals surface area (Å²) < 4.78 is 28.2. The molecule has 1 aromatic heterocycles. The molecule has 162 valence electrons. The maximum Gasteiger partial charge on any atom is 0.243 e. The highest BCUT2D eigenvalue weighted by atomic mass is 32.2. The van der Waals surface area contributed by atoms with Crippen molar-refractivity contribution in [3.8, 4) is 11.3 Å². The SMILES string of the molecule is Cc1ccc(-c2ccc(N3CCN(S(=O)(=O)c4c(C)cc(C)cc4C)CC3)nn2)cc1. The minimum absolute atomic E-state index is 0.427. The van der Waals surface area contributed by atoms with Crippen molar-refractivity contribution in [2.45, 2.75) is 32.6 Å². The Balaban J connectivity index is 1.47. The summed E-state index contributed by atoms with van der Waals surface area (Å²) in [5.74, 6) is 0.774. The molecule has 1 aliphatic heterocycles. The molecule has 0 spiro atoms. The average molecular weight is 437 g/mol. The van der Waals surface area contributed by atoms with Gasteiger partial charge in [0.25, 0.3) is 0 Å². The summed E-state index contributed by atoms with van der Waals surface area (Å²) in [4.78, 5) is 2.53. The van der Waals surface area contributed by atoms with Gasteiger partial charge in [-0.25, -0.2) is 8.42 Å². The maximum atomic E-state index is 13.3. The Kier molecular flexibility index (Phi) is 5.81. The second-order valence-corrected chi connectivity index (χ2v) is 10.1. The first-order valence-corrected chi connectivity index (χ1v) is 11.9. The van der Waals surface area contributed by atoms with Gasteiger partial charge in [-0.1, -0.05) is 47.5 Å². The van der Waals surface area contributed by atoms with Crippen molar-refractivity contribution < 1.29 is 8.42 Å². The summed E-state index contributed by atoms with van der Waals surface area (Å²) in [5, 5.41) is 8.77. The third-order valence-corrected chi connectivity index (χ3v) is 7.97. The van der Waals surface area contributed by atoms with E-state index in [1.165, 1.54) is 5.56 Å². The molecule has 0 amide bonds. The van der Waals surface area contributed by atoms with Crippen molar-refractivity contribution >= 4 is 15.8 Å². The third kappa shape index (κ3) is 4.34. The van der Waals surface area contributed by atoms with Crippen LogP contribution < -0.4 is 4.90 Å². The standard InChI is InChI=1S/C24H28N4O2S/c1-17-5-7-21(8-6-17)22-9-10-23(26-25-22)27-11-13-28(14-12-27)31(29,30)24-19(3)15-18(2)16-20(24)4/h5-10,15-16H,11-14H2,1-4H3. The number of anilines is 1. The number of piperazine rings is 1. The molecule has 4 rings (SSSR count). The van der Waals surface area contributed by atoms with Crippen LogP contribution in [0.3, 0.4) is 0 Å². The fourth-order valence-corrected chi connectivity index (χ4v) is 6.07. The van der Waals surface area contributed by atoms with Crippen molar-refractivity contribution in [1.82, 2.24) is 14.5 Å². The van der Waals surface area contributed by atoms with E-state index in [2.05, 4.69) is 34.2 Å². The second-order valence-electron chi connectivity index (χ2n) is 8.26. The second kappa shape index (κ2) is 8.40. The lowest BCUT2D eigenvalue weighted by atomic mass is 10.1. The fourth-order valence-electron chi connectivity index (χ4n) is 4.23. The smallest absolute Gasteiger partial charge is 0.243 e. The van der Waals surface area contributed by atoms with Crippen LogP contribution in [-0.2, 0) is 10.0 Å². The van der Waals surface area contributed by atoms with Crippen LogP contribution in [0.1, 0.15) is 22.3 Å². The molecular weight excluding hydrogens is 408 g/mol. The van der Waals surface area contributed by atoms with E-state index in [9.17, 15) is 8.42 Å². The first-order chi connectivity index (χ1) is 14.8. The van der Waals surface area contributed by atoms with Gasteiger partial charge in [-0.15, -0.1) is 10.2 Å². The summed E-state index contributed by atoms with van der Waals surface area (Å²) in [6.45, 7) is 9.80. The van der Waals surface area contributed by atoms with E-state index < -0.39 is 10.0 Å². The van der Waals surface area contributed by atoms with E-state index >= 15 is 0 Å². The largest absolute Gasteiger partial charge is 0.352 e. The van der Waals surface area contributed by atoms with Crippen LogP contribution >= 0.6 is 0 Å². The predicted molar refractivity (Wildman–Crippen MR) is 124 cm³/mol. The lowest BCUT2D eigenvalue weighted by molar-refractivity contribution is 0.383. The van der Waals surface area contributed by atoms with Crippen LogP contribution in [0.5, 0.6) is 0 Å². The summed E-state index contributed by atoms with van der Waals surface area (Å²) in [6, 6.07) is 16.0. The Morgan fingerprint density at radius 1 is 0.742 bits per heavy atom. The first-order valence-electron chi connectivity index (χ1n) is 10.5. The zero-order valence-corrected chi connectivity index (χ0v) is 19.3. The van der Waals surface area contributed by atoms with Crippen LogP contribution in [0.25, 0.3) is 11.3 Å². The van der Waals surface area contributed by atoms with Crippen LogP contribution in [0.2, 0.25) is 0 Å². The van der Waals surface area contributed by atoms with Crippen molar-refractivity contribution in [2.24, 2.45) is 0 Å². The molecule has 0 unspecified atom stereocenters. The molecule has 0 radical (unpaired) electrons. The van der Waals surface area contributed by atoms with Gasteiger partial charge in [0.1, 0.15) is 0 Å².